The molecule has 0 bridgehead atoms. The molecule has 36 heavy (non-hydrogen) atoms. The molecule has 4 N–H and O–H groups in total. The first-order chi connectivity index (χ1) is 17.4. The second-order valence-corrected chi connectivity index (χ2v) is 9.41. The molecule has 0 unspecified atom stereocenters. The van der Waals surface area contributed by atoms with Crippen LogP contribution in [0.25, 0.3) is 5.69 Å². The Kier molecular flexibility index (Phi) is 5.07. The Labute approximate surface area is 208 Å². The van der Waals surface area contributed by atoms with Crippen LogP contribution < -0.4 is 5.32 Å². The Bertz CT molecular complexity index is 1520. The third-order valence-electron chi connectivity index (χ3n) is 7.16. The number of aryl methyl sites for hydroxylation is 1. The summed E-state index contributed by atoms with van der Waals surface area (Å²) >= 11 is 0. The van der Waals surface area contributed by atoms with Crippen LogP contribution in [0.15, 0.2) is 84.1 Å². The van der Waals surface area contributed by atoms with Crippen LogP contribution in [0.1, 0.15) is 47.1 Å². The van der Waals surface area contributed by atoms with Crippen LogP contribution in [0.3, 0.4) is 0 Å². The van der Waals surface area contributed by atoms with Gasteiger partial charge < -0.3 is 20.6 Å². The van der Waals surface area contributed by atoms with E-state index in [0.29, 0.717) is 24.0 Å². The third-order valence-corrected chi connectivity index (χ3v) is 7.16. The third kappa shape index (κ3) is 3.51. The molecule has 0 saturated carbocycles. The van der Waals surface area contributed by atoms with Gasteiger partial charge in [-0.05, 0) is 66.8 Å². The zero-order valence-corrected chi connectivity index (χ0v) is 19.6. The molecule has 4 aromatic rings. The fraction of sp³-hybridized carbons (Fsp3) is 0.172. The molecule has 0 spiro atoms. The summed E-state index contributed by atoms with van der Waals surface area (Å²) in [7, 11) is 0. The first-order valence-corrected chi connectivity index (χ1v) is 11.9. The molecule has 1 aliphatic carbocycles. The molecule has 0 fully saturated rings. The summed E-state index contributed by atoms with van der Waals surface area (Å²) in [6, 6.07) is 21.5. The number of nitrogens with one attached hydrogen (secondary N) is 1. The van der Waals surface area contributed by atoms with Gasteiger partial charge in [-0.15, -0.1) is 0 Å². The Morgan fingerprint density at radius 3 is 2.33 bits per heavy atom. The van der Waals surface area contributed by atoms with Gasteiger partial charge in [-0.2, -0.15) is 5.10 Å². The fourth-order valence-corrected chi connectivity index (χ4v) is 5.47. The smallest absolute Gasteiger partial charge is 0.162 e. The van der Waals surface area contributed by atoms with Gasteiger partial charge in [-0.25, -0.2) is 4.68 Å². The van der Waals surface area contributed by atoms with Gasteiger partial charge in [-0.1, -0.05) is 36.4 Å². The molecule has 7 nitrogen and oxygen atoms in total. The van der Waals surface area contributed by atoms with Crippen molar-refractivity contribution in [2.24, 2.45) is 0 Å². The van der Waals surface area contributed by atoms with E-state index in [-0.39, 0.29) is 28.9 Å². The Morgan fingerprint density at radius 2 is 1.61 bits per heavy atom. The van der Waals surface area contributed by atoms with E-state index in [1.165, 1.54) is 12.1 Å². The van der Waals surface area contributed by atoms with E-state index in [2.05, 4.69) is 5.32 Å². The number of anilines is 1. The highest BCUT2D eigenvalue weighted by Gasteiger charge is 2.41. The molecular formula is C29H25N3O4. The van der Waals surface area contributed by atoms with E-state index >= 15 is 0 Å². The highest BCUT2D eigenvalue weighted by atomic mass is 16.3. The lowest BCUT2D eigenvalue weighted by molar-refractivity contribution is -0.116. The summed E-state index contributed by atoms with van der Waals surface area (Å²) in [6.07, 6.45) is 0.956. The van der Waals surface area contributed by atoms with Crippen LogP contribution >= 0.6 is 0 Å². The van der Waals surface area contributed by atoms with Gasteiger partial charge in [0.15, 0.2) is 17.3 Å². The first-order valence-electron chi connectivity index (χ1n) is 11.9. The van der Waals surface area contributed by atoms with Crippen LogP contribution in [0, 0.1) is 6.92 Å². The summed E-state index contributed by atoms with van der Waals surface area (Å²) in [5.41, 5.74) is 5.74. The lowest BCUT2D eigenvalue weighted by Gasteiger charge is -2.36. The standard InChI is InChI=1S/C29H25N3O4/c1-16-26-27(18-9-12-23(34)24(35)14-18)28-22(30-29(26)32(31-16)20-5-3-2-4-6-20)13-19(15-25(28)36)17-7-10-21(33)11-8-17/h2-12,14,19,27,30,33-35H,13,15H2,1H3/t19-,27+/m1/s1. The predicted molar refractivity (Wildman–Crippen MR) is 136 cm³/mol. The van der Waals surface area contributed by atoms with Gasteiger partial charge in [0.2, 0.25) is 0 Å². The number of aromatic hydroxyl groups is 3. The van der Waals surface area contributed by atoms with Crippen molar-refractivity contribution in [2.75, 3.05) is 5.32 Å². The first kappa shape index (κ1) is 22.0. The molecule has 6 rings (SSSR count). The molecule has 0 amide bonds. The minimum absolute atomic E-state index is 0.0249. The van der Waals surface area contributed by atoms with Crippen LogP contribution in [0.5, 0.6) is 17.2 Å². The molecule has 2 heterocycles. The number of benzene rings is 3. The highest BCUT2D eigenvalue weighted by Crippen LogP contribution is 2.50. The summed E-state index contributed by atoms with van der Waals surface area (Å²) < 4.78 is 1.86. The quantitative estimate of drug-likeness (QED) is 0.299. The zero-order valence-electron chi connectivity index (χ0n) is 19.6. The number of hydrogen-bond donors (Lipinski definition) is 4. The van der Waals surface area contributed by atoms with E-state index in [9.17, 15) is 20.1 Å². The van der Waals surface area contributed by atoms with E-state index < -0.39 is 5.92 Å². The van der Waals surface area contributed by atoms with Crippen molar-refractivity contribution < 1.29 is 20.1 Å². The van der Waals surface area contributed by atoms with Crippen molar-refractivity contribution in [1.82, 2.24) is 9.78 Å². The number of rotatable bonds is 3. The number of phenolic OH excluding ortho intramolecular Hbond substituents is 3. The minimum atomic E-state index is -0.437. The number of ketones is 1. The van der Waals surface area contributed by atoms with Crippen LogP contribution in [-0.2, 0) is 4.79 Å². The van der Waals surface area contributed by atoms with E-state index in [4.69, 9.17) is 5.10 Å². The van der Waals surface area contributed by atoms with Crippen molar-refractivity contribution in [3.63, 3.8) is 0 Å². The Balaban J connectivity index is 1.53. The zero-order chi connectivity index (χ0) is 25.0. The molecule has 1 aromatic heterocycles. The number of phenols is 3. The predicted octanol–water partition coefficient (Wildman–Crippen LogP) is 5.26. The molecule has 1 aliphatic heterocycles. The number of nitrogens with zero attached hydrogens (tertiary/aromatic N) is 2. The maximum absolute atomic E-state index is 13.7. The number of Topliss-reactive ketones (excluding diaryl/α,β-unsaturated/α-hetero) is 1. The van der Waals surface area contributed by atoms with Gasteiger partial charge >= 0.3 is 0 Å². The van der Waals surface area contributed by atoms with Crippen molar-refractivity contribution in [3.8, 4) is 22.9 Å². The van der Waals surface area contributed by atoms with Crippen LogP contribution in [0.2, 0.25) is 0 Å². The van der Waals surface area contributed by atoms with Crippen LogP contribution in [-0.4, -0.2) is 30.9 Å². The summed E-state index contributed by atoms with van der Waals surface area (Å²) in [5, 5.41) is 38.3. The van der Waals surface area contributed by atoms with Crippen molar-refractivity contribution in [1.29, 1.82) is 0 Å². The number of para-hydroxylation sites is 1. The second kappa shape index (κ2) is 8.30. The Morgan fingerprint density at radius 1 is 0.889 bits per heavy atom. The molecule has 2 aliphatic rings. The average Bonchev–Trinajstić information content (AvgIpc) is 3.21. The monoisotopic (exact) mass is 479 g/mol. The maximum Gasteiger partial charge on any atom is 0.162 e. The number of hydrogen-bond acceptors (Lipinski definition) is 6. The summed E-state index contributed by atoms with van der Waals surface area (Å²) in [5.74, 6) is 0.0958. The van der Waals surface area contributed by atoms with Gasteiger partial charge in [0.05, 0.1) is 11.4 Å². The Hall–Kier alpha value is -4.52. The van der Waals surface area contributed by atoms with Crippen molar-refractivity contribution in [3.05, 3.63) is 106 Å². The number of allylic oxidation sites excluding steroid dienone is 2. The van der Waals surface area contributed by atoms with Gasteiger partial charge in [0.25, 0.3) is 0 Å². The van der Waals surface area contributed by atoms with Crippen molar-refractivity contribution >= 4 is 11.6 Å². The summed E-state index contributed by atoms with van der Waals surface area (Å²) in [6.45, 7) is 1.92. The van der Waals surface area contributed by atoms with E-state index in [1.807, 2.05) is 54.1 Å². The molecular weight excluding hydrogens is 454 g/mol. The minimum Gasteiger partial charge on any atom is -0.508 e. The number of fused-ring (bicyclic) bond motifs is 1. The average molecular weight is 480 g/mol. The van der Waals surface area contributed by atoms with E-state index in [0.717, 1.165) is 34.0 Å². The topological polar surface area (TPSA) is 108 Å². The van der Waals surface area contributed by atoms with Gasteiger partial charge in [0, 0.05) is 29.2 Å². The molecule has 0 saturated heterocycles. The maximum atomic E-state index is 13.7. The molecule has 0 radical (unpaired) electrons. The molecule has 7 heteroatoms. The number of aromatic nitrogens is 2. The van der Waals surface area contributed by atoms with Gasteiger partial charge in [0.1, 0.15) is 11.6 Å². The van der Waals surface area contributed by atoms with Crippen molar-refractivity contribution in [2.45, 2.75) is 31.6 Å². The highest BCUT2D eigenvalue weighted by molar-refractivity contribution is 6.01. The lowest BCUT2D eigenvalue weighted by atomic mass is 9.72. The van der Waals surface area contributed by atoms with Gasteiger partial charge in [-0.3, -0.25) is 4.79 Å². The lowest BCUT2D eigenvalue weighted by Crippen LogP contribution is -2.30. The molecule has 3 aromatic carbocycles. The molecule has 2 atom stereocenters. The summed E-state index contributed by atoms with van der Waals surface area (Å²) in [4.78, 5) is 13.7. The number of carbonyl (C=O) groups is 1. The number of carbonyl (C=O) groups excluding carboxylic acids is 1. The van der Waals surface area contributed by atoms with E-state index in [1.54, 1.807) is 18.2 Å². The largest absolute Gasteiger partial charge is 0.508 e. The fourth-order valence-electron chi connectivity index (χ4n) is 5.47. The molecule has 180 valence electrons. The van der Waals surface area contributed by atoms with Crippen LogP contribution in [0.4, 0.5) is 5.82 Å². The SMILES string of the molecule is Cc1nn(-c2ccccc2)c2c1[C@H](c1ccc(O)c(O)c1)C1=C(C[C@@H](c3ccc(O)cc3)CC1=O)N2. The normalized spacial score (nSPS) is 19.0. The second-order valence-electron chi connectivity index (χ2n) is 9.41.